The predicted molar refractivity (Wildman–Crippen MR) is 90.4 cm³/mol. The molecule has 2 heteroatoms. The average molecular weight is 286 g/mol. The van der Waals surface area contributed by atoms with Gasteiger partial charge < -0.3 is 10.2 Å². The molecule has 5 rings (SSSR count). The van der Waals surface area contributed by atoms with E-state index in [9.17, 15) is 10.2 Å². The van der Waals surface area contributed by atoms with Crippen LogP contribution < -0.4 is 0 Å². The highest BCUT2D eigenvalue weighted by atomic mass is 16.3. The van der Waals surface area contributed by atoms with E-state index in [0.717, 1.165) is 16.5 Å². The molecule has 0 saturated heterocycles. The maximum absolute atomic E-state index is 10.2. The number of aliphatic hydroxyl groups excluding tert-OH is 2. The molecule has 0 aliphatic heterocycles. The second kappa shape index (κ2) is 4.07. The first-order valence-electron chi connectivity index (χ1n) is 7.49. The molecule has 0 saturated carbocycles. The minimum Gasteiger partial charge on any atom is -0.386 e. The Hall–Kier alpha value is -2.42. The Morgan fingerprint density at radius 2 is 1.73 bits per heavy atom. The minimum absolute atomic E-state index is 0.798. The van der Waals surface area contributed by atoms with Gasteiger partial charge in [-0.25, -0.2) is 0 Å². The Morgan fingerprint density at radius 3 is 2.64 bits per heavy atom. The van der Waals surface area contributed by atoms with Crippen LogP contribution in [0.1, 0.15) is 28.4 Å². The summed E-state index contributed by atoms with van der Waals surface area (Å²) in [4.78, 5) is 0. The van der Waals surface area contributed by atoms with Crippen molar-refractivity contribution in [3.63, 3.8) is 0 Å². The van der Waals surface area contributed by atoms with Crippen LogP contribution in [0.2, 0.25) is 0 Å². The molecule has 0 radical (unpaired) electrons. The molecule has 0 amide bonds. The first kappa shape index (κ1) is 12.2. The zero-order chi connectivity index (χ0) is 14.8. The van der Waals surface area contributed by atoms with Gasteiger partial charge in [0.05, 0.1) is 0 Å². The highest BCUT2D eigenvalue weighted by molar-refractivity contribution is 6.16. The van der Waals surface area contributed by atoms with Gasteiger partial charge in [0.1, 0.15) is 12.2 Å². The fraction of sp³-hybridized carbons (Fsp3) is 0.100. The number of benzene rings is 3. The first-order valence-corrected chi connectivity index (χ1v) is 7.49. The lowest BCUT2D eigenvalue weighted by Gasteiger charge is -2.23. The Bertz CT molecular complexity index is 1010. The SMILES string of the molecule is O[C@@H]1C=Cc2c(ccc3c4c5c(cccc5cc23)C=C4)[C@H]1O. The molecular formula is C20H14O2. The molecule has 22 heavy (non-hydrogen) atoms. The molecule has 0 unspecified atom stereocenters. The summed E-state index contributed by atoms with van der Waals surface area (Å²) >= 11 is 0. The Kier molecular flexibility index (Phi) is 2.25. The fourth-order valence-corrected chi connectivity index (χ4v) is 3.77. The van der Waals surface area contributed by atoms with Gasteiger partial charge in [-0.15, -0.1) is 0 Å². The van der Waals surface area contributed by atoms with Gasteiger partial charge in [-0.3, -0.25) is 0 Å². The normalized spacial score (nSPS) is 21.7. The van der Waals surface area contributed by atoms with Crippen molar-refractivity contribution in [3.8, 4) is 0 Å². The molecule has 2 atom stereocenters. The average Bonchev–Trinajstić information content (AvgIpc) is 2.97. The first-order chi connectivity index (χ1) is 10.7. The number of hydrogen-bond acceptors (Lipinski definition) is 2. The van der Waals surface area contributed by atoms with Gasteiger partial charge in [0.15, 0.2) is 0 Å². The second-order valence-corrected chi connectivity index (χ2v) is 6.03. The van der Waals surface area contributed by atoms with Gasteiger partial charge in [-0.2, -0.15) is 0 Å². The van der Waals surface area contributed by atoms with Crippen molar-refractivity contribution >= 4 is 39.8 Å². The molecular weight excluding hydrogens is 272 g/mol. The number of fused-ring (bicyclic) bond motifs is 4. The van der Waals surface area contributed by atoms with Gasteiger partial charge in [0, 0.05) is 0 Å². The van der Waals surface area contributed by atoms with Crippen molar-refractivity contribution in [1.29, 1.82) is 0 Å². The Balaban J connectivity index is 1.97. The lowest BCUT2D eigenvalue weighted by Crippen LogP contribution is -2.19. The van der Waals surface area contributed by atoms with Crippen molar-refractivity contribution in [2.75, 3.05) is 0 Å². The molecule has 106 valence electrons. The minimum atomic E-state index is -0.851. The zero-order valence-corrected chi connectivity index (χ0v) is 11.8. The molecule has 2 aliphatic rings. The lowest BCUT2D eigenvalue weighted by atomic mass is 9.86. The monoisotopic (exact) mass is 286 g/mol. The second-order valence-electron chi connectivity index (χ2n) is 6.03. The molecule has 0 bridgehead atoms. The van der Waals surface area contributed by atoms with Crippen LogP contribution in [-0.4, -0.2) is 16.3 Å². The Morgan fingerprint density at radius 1 is 0.818 bits per heavy atom. The summed E-state index contributed by atoms with van der Waals surface area (Å²) in [7, 11) is 0. The standard InChI is InChI=1S/C20H14O2/c21-18-9-8-14-16(20(18)22)7-6-13-15-5-4-11-2-1-3-12(19(11)15)10-17(13)14/h1-10,18,20-22H/t18-,20-/m1/s1. The quantitative estimate of drug-likeness (QED) is 0.481. The van der Waals surface area contributed by atoms with Gasteiger partial charge in [-0.05, 0) is 49.9 Å². The number of aliphatic hydroxyl groups is 2. The van der Waals surface area contributed by atoms with Gasteiger partial charge in [0.2, 0.25) is 0 Å². The van der Waals surface area contributed by atoms with Crippen molar-refractivity contribution in [1.82, 2.24) is 0 Å². The summed E-state index contributed by atoms with van der Waals surface area (Å²) in [6, 6.07) is 12.5. The molecule has 0 spiro atoms. The van der Waals surface area contributed by atoms with Crippen LogP contribution in [0.25, 0.3) is 39.8 Å². The van der Waals surface area contributed by atoms with Crippen LogP contribution >= 0.6 is 0 Å². The maximum Gasteiger partial charge on any atom is 0.109 e. The van der Waals surface area contributed by atoms with E-state index in [0.29, 0.717) is 0 Å². The van der Waals surface area contributed by atoms with Gasteiger partial charge in [0.25, 0.3) is 0 Å². The van der Waals surface area contributed by atoms with Crippen molar-refractivity contribution in [2.45, 2.75) is 12.2 Å². The van der Waals surface area contributed by atoms with Crippen LogP contribution in [0.3, 0.4) is 0 Å². The molecule has 0 fully saturated rings. The van der Waals surface area contributed by atoms with E-state index < -0.39 is 12.2 Å². The van der Waals surface area contributed by atoms with E-state index in [1.807, 2.05) is 12.1 Å². The summed E-state index contributed by atoms with van der Waals surface area (Å²) in [6.45, 7) is 0. The van der Waals surface area contributed by atoms with E-state index in [1.54, 1.807) is 6.08 Å². The number of rotatable bonds is 0. The molecule has 3 aromatic rings. The van der Waals surface area contributed by atoms with Crippen LogP contribution in [-0.2, 0) is 0 Å². The van der Waals surface area contributed by atoms with Crippen LogP contribution in [0.5, 0.6) is 0 Å². The third kappa shape index (κ3) is 1.41. The molecule has 2 N–H and O–H groups in total. The molecule has 3 aromatic carbocycles. The molecule has 0 heterocycles. The maximum atomic E-state index is 10.2. The van der Waals surface area contributed by atoms with Crippen molar-refractivity contribution < 1.29 is 10.2 Å². The van der Waals surface area contributed by atoms with E-state index in [4.69, 9.17) is 0 Å². The largest absolute Gasteiger partial charge is 0.386 e. The summed E-state index contributed by atoms with van der Waals surface area (Å²) in [6.07, 6.45) is 6.25. The van der Waals surface area contributed by atoms with Crippen LogP contribution in [0.15, 0.2) is 42.5 Å². The predicted octanol–water partition coefficient (Wildman–Crippen LogP) is 3.90. The van der Waals surface area contributed by atoms with E-state index in [2.05, 4.69) is 42.5 Å². The van der Waals surface area contributed by atoms with Crippen LogP contribution in [0, 0.1) is 0 Å². The summed E-state index contributed by atoms with van der Waals surface area (Å²) < 4.78 is 0. The van der Waals surface area contributed by atoms with Crippen LogP contribution in [0.4, 0.5) is 0 Å². The third-order valence-corrected chi connectivity index (χ3v) is 4.84. The van der Waals surface area contributed by atoms with Gasteiger partial charge in [-0.1, -0.05) is 54.6 Å². The highest BCUT2D eigenvalue weighted by Crippen LogP contribution is 2.41. The lowest BCUT2D eigenvalue weighted by molar-refractivity contribution is 0.0471. The number of hydrogen-bond donors (Lipinski definition) is 2. The highest BCUT2D eigenvalue weighted by Gasteiger charge is 2.24. The van der Waals surface area contributed by atoms with E-state index in [-0.39, 0.29) is 0 Å². The van der Waals surface area contributed by atoms with Crippen molar-refractivity contribution in [3.05, 3.63) is 64.7 Å². The summed E-state index contributed by atoms with van der Waals surface area (Å²) in [5.74, 6) is 0. The van der Waals surface area contributed by atoms with Gasteiger partial charge >= 0.3 is 0 Å². The molecule has 2 nitrogen and oxygen atoms in total. The third-order valence-electron chi connectivity index (χ3n) is 4.84. The smallest absolute Gasteiger partial charge is 0.109 e. The zero-order valence-electron chi connectivity index (χ0n) is 11.8. The van der Waals surface area contributed by atoms with E-state index >= 15 is 0 Å². The van der Waals surface area contributed by atoms with Crippen molar-refractivity contribution in [2.24, 2.45) is 0 Å². The topological polar surface area (TPSA) is 40.5 Å². The summed E-state index contributed by atoms with van der Waals surface area (Å²) in [5, 5.41) is 24.9. The fourth-order valence-electron chi connectivity index (χ4n) is 3.77. The Labute approximate surface area is 127 Å². The van der Waals surface area contributed by atoms with E-state index in [1.165, 1.54) is 27.3 Å². The molecule has 2 aliphatic carbocycles. The summed E-state index contributed by atoms with van der Waals surface area (Å²) in [5.41, 5.74) is 4.32. The molecule has 0 aromatic heterocycles.